The van der Waals surface area contributed by atoms with Gasteiger partial charge in [0, 0.05) is 5.02 Å². The molecule has 1 aromatic carbocycles. The van der Waals surface area contributed by atoms with Gasteiger partial charge in [-0.3, -0.25) is 0 Å². The monoisotopic (exact) mass is 167 g/mol. The van der Waals surface area contributed by atoms with E-state index >= 15 is 0 Å². The molecule has 0 saturated heterocycles. The van der Waals surface area contributed by atoms with E-state index in [1.165, 1.54) is 11.1 Å². The van der Waals surface area contributed by atoms with E-state index in [2.05, 4.69) is 19.9 Å². The lowest BCUT2D eigenvalue weighted by Crippen LogP contribution is -1.88. The molecule has 0 amide bonds. The van der Waals surface area contributed by atoms with Gasteiger partial charge in [0.15, 0.2) is 0 Å². The Kier molecular flexibility index (Phi) is 2.56. The molecule has 1 rings (SSSR count). The van der Waals surface area contributed by atoms with Crippen LogP contribution >= 0.6 is 11.6 Å². The third kappa shape index (κ3) is 1.75. The second-order valence-electron chi connectivity index (χ2n) is 2.78. The van der Waals surface area contributed by atoms with Crippen molar-refractivity contribution in [2.24, 2.45) is 0 Å². The van der Waals surface area contributed by atoms with Crippen LogP contribution in [0.4, 0.5) is 0 Å². The minimum Gasteiger partial charge on any atom is -0.0840 e. The highest BCUT2D eigenvalue weighted by Gasteiger charge is 1.99. The molecule has 11 heavy (non-hydrogen) atoms. The topological polar surface area (TPSA) is 0 Å². The second-order valence-corrected chi connectivity index (χ2v) is 3.19. The summed E-state index contributed by atoms with van der Waals surface area (Å²) in [6.45, 7) is 7.92. The van der Waals surface area contributed by atoms with E-state index < -0.39 is 0 Å². The smallest absolute Gasteiger partial charge is 0.0438 e. The van der Waals surface area contributed by atoms with Crippen molar-refractivity contribution in [2.75, 3.05) is 0 Å². The highest BCUT2D eigenvalue weighted by molar-refractivity contribution is 6.31. The van der Waals surface area contributed by atoms with Crippen LogP contribution in [0.1, 0.15) is 16.7 Å². The average molecular weight is 168 g/mol. The summed E-state index contributed by atoms with van der Waals surface area (Å²) < 4.78 is 0. The Hall–Kier alpha value is -0.490. The molecular formula is C10H12Cl. The van der Waals surface area contributed by atoms with Crippen molar-refractivity contribution in [1.82, 2.24) is 0 Å². The van der Waals surface area contributed by atoms with Gasteiger partial charge in [0.2, 0.25) is 0 Å². The van der Waals surface area contributed by atoms with Gasteiger partial charge >= 0.3 is 0 Å². The van der Waals surface area contributed by atoms with Crippen LogP contribution in [0.5, 0.6) is 0 Å². The maximum absolute atomic E-state index is 5.92. The minimum atomic E-state index is 0.837. The SMILES string of the molecule is [CH2]Cc1cc(C)c(Cl)cc1C. The van der Waals surface area contributed by atoms with Crippen molar-refractivity contribution in [1.29, 1.82) is 0 Å². The third-order valence-corrected chi connectivity index (χ3v) is 2.29. The van der Waals surface area contributed by atoms with Gasteiger partial charge in [-0.1, -0.05) is 17.7 Å². The molecule has 0 N–H and O–H groups in total. The highest BCUT2D eigenvalue weighted by Crippen LogP contribution is 2.20. The molecule has 0 atom stereocenters. The first kappa shape index (κ1) is 8.61. The van der Waals surface area contributed by atoms with E-state index in [0.29, 0.717) is 0 Å². The van der Waals surface area contributed by atoms with Crippen LogP contribution in [0, 0.1) is 20.8 Å². The molecule has 1 aromatic rings. The van der Waals surface area contributed by atoms with Gasteiger partial charge in [0.1, 0.15) is 0 Å². The van der Waals surface area contributed by atoms with Crippen molar-refractivity contribution in [3.8, 4) is 0 Å². The van der Waals surface area contributed by atoms with Gasteiger partial charge < -0.3 is 0 Å². The molecular weight excluding hydrogens is 156 g/mol. The molecule has 59 valence electrons. The zero-order valence-corrected chi connectivity index (χ0v) is 7.70. The van der Waals surface area contributed by atoms with Crippen molar-refractivity contribution in [2.45, 2.75) is 20.3 Å². The van der Waals surface area contributed by atoms with E-state index in [1.54, 1.807) is 0 Å². The maximum atomic E-state index is 5.92. The van der Waals surface area contributed by atoms with Gasteiger partial charge in [-0.2, -0.15) is 0 Å². The first-order valence-corrected chi connectivity index (χ1v) is 4.08. The average Bonchev–Trinajstić information content (AvgIpc) is 1.97. The Labute approximate surface area is 73.2 Å². The lowest BCUT2D eigenvalue weighted by atomic mass is 10.0. The Balaban J connectivity index is 3.21. The van der Waals surface area contributed by atoms with Gasteiger partial charge in [-0.25, -0.2) is 0 Å². The zero-order chi connectivity index (χ0) is 8.43. The molecule has 0 saturated carbocycles. The predicted octanol–water partition coefficient (Wildman–Crippen LogP) is 3.33. The molecule has 1 heteroatoms. The summed E-state index contributed by atoms with van der Waals surface area (Å²) in [4.78, 5) is 0. The van der Waals surface area contributed by atoms with Crippen LogP contribution < -0.4 is 0 Å². The number of benzene rings is 1. The van der Waals surface area contributed by atoms with Crippen LogP contribution in [0.15, 0.2) is 12.1 Å². The Morgan fingerprint density at radius 2 is 1.91 bits per heavy atom. The molecule has 0 nitrogen and oxygen atoms in total. The fraction of sp³-hybridized carbons (Fsp3) is 0.300. The van der Waals surface area contributed by atoms with Crippen molar-refractivity contribution >= 4 is 11.6 Å². The lowest BCUT2D eigenvalue weighted by Gasteiger charge is -2.05. The van der Waals surface area contributed by atoms with E-state index in [1.807, 2.05) is 13.0 Å². The summed E-state index contributed by atoms with van der Waals surface area (Å²) in [5.74, 6) is 0. The predicted molar refractivity (Wildman–Crippen MR) is 50.0 cm³/mol. The number of aryl methyl sites for hydroxylation is 2. The highest BCUT2D eigenvalue weighted by atomic mass is 35.5. The number of hydrogen-bond donors (Lipinski definition) is 0. The van der Waals surface area contributed by atoms with Crippen LogP contribution in [0.3, 0.4) is 0 Å². The van der Waals surface area contributed by atoms with Crippen LogP contribution in [0.2, 0.25) is 5.02 Å². The normalized spacial score (nSPS) is 10.2. The van der Waals surface area contributed by atoms with E-state index in [-0.39, 0.29) is 0 Å². The third-order valence-electron chi connectivity index (χ3n) is 1.89. The fourth-order valence-electron chi connectivity index (χ4n) is 1.11. The summed E-state index contributed by atoms with van der Waals surface area (Å²) in [7, 11) is 0. The summed E-state index contributed by atoms with van der Waals surface area (Å²) in [6, 6.07) is 4.10. The summed E-state index contributed by atoms with van der Waals surface area (Å²) >= 11 is 5.92. The quantitative estimate of drug-likeness (QED) is 0.602. The summed E-state index contributed by atoms with van der Waals surface area (Å²) in [6.07, 6.45) is 0.837. The van der Waals surface area contributed by atoms with Crippen LogP contribution in [-0.4, -0.2) is 0 Å². The van der Waals surface area contributed by atoms with Crippen LogP contribution in [-0.2, 0) is 6.42 Å². The standard InChI is InChI=1S/C10H12Cl/c1-4-9-5-8(3)10(11)6-7(9)2/h5-6H,1,4H2,2-3H3. The first-order valence-electron chi connectivity index (χ1n) is 3.70. The van der Waals surface area contributed by atoms with E-state index in [4.69, 9.17) is 11.6 Å². The Bertz CT molecular complexity index is 264. The molecule has 0 bridgehead atoms. The molecule has 0 unspecified atom stereocenters. The second kappa shape index (κ2) is 3.27. The number of rotatable bonds is 1. The largest absolute Gasteiger partial charge is 0.0840 e. The van der Waals surface area contributed by atoms with Crippen molar-refractivity contribution < 1.29 is 0 Å². The van der Waals surface area contributed by atoms with Gasteiger partial charge in [-0.05, 0) is 49.9 Å². The molecule has 0 aliphatic carbocycles. The minimum absolute atomic E-state index is 0.837. The lowest BCUT2D eigenvalue weighted by molar-refractivity contribution is 1.19. The molecule has 0 spiro atoms. The van der Waals surface area contributed by atoms with Crippen molar-refractivity contribution in [3.63, 3.8) is 0 Å². The molecule has 0 aliphatic heterocycles. The number of halogens is 1. The molecule has 0 fully saturated rings. The molecule has 0 aliphatic rings. The van der Waals surface area contributed by atoms with Crippen LogP contribution in [0.25, 0.3) is 0 Å². The molecule has 0 heterocycles. The van der Waals surface area contributed by atoms with Gasteiger partial charge in [-0.15, -0.1) is 0 Å². The fourth-order valence-corrected chi connectivity index (χ4v) is 1.33. The first-order chi connectivity index (χ1) is 5.15. The molecule has 1 radical (unpaired) electrons. The van der Waals surface area contributed by atoms with E-state index in [9.17, 15) is 0 Å². The van der Waals surface area contributed by atoms with Gasteiger partial charge in [0.25, 0.3) is 0 Å². The zero-order valence-electron chi connectivity index (χ0n) is 6.95. The maximum Gasteiger partial charge on any atom is 0.0438 e. The van der Waals surface area contributed by atoms with E-state index in [0.717, 1.165) is 17.0 Å². The Morgan fingerprint density at radius 1 is 1.27 bits per heavy atom. The number of hydrogen-bond acceptors (Lipinski definition) is 0. The summed E-state index contributed by atoms with van der Waals surface area (Å²) in [5.41, 5.74) is 3.65. The Morgan fingerprint density at radius 3 is 2.45 bits per heavy atom. The summed E-state index contributed by atoms with van der Waals surface area (Å²) in [5, 5.41) is 0.847. The van der Waals surface area contributed by atoms with Gasteiger partial charge in [0.05, 0.1) is 0 Å². The van der Waals surface area contributed by atoms with Crippen molar-refractivity contribution in [3.05, 3.63) is 40.8 Å². The molecule has 0 aromatic heterocycles.